The number of anilines is 2. The molecule has 0 atom stereocenters. The van der Waals surface area contributed by atoms with Crippen LogP contribution >= 0.6 is 58.0 Å². The number of methoxy groups -OCH3 is 2. The number of nitrogens with one attached hydrogen (secondary N) is 1. The SMILES string of the molecule is CN1CCOCC1.COc1nc(Cl)nc(OC)n1.ClCCl.Nc1cnc(-c2cc3c(cc2Cl)OC(F)(F)O3)cn1.O=C(Nc1cnc(-c2cc3c(cc2Cl)OC(F)(F)O3)cn1)c1ccnn1C(F)F.O=C(O)c1ccnn1C(F)F. The number of benzene rings is 2. The van der Waals surface area contributed by atoms with Crippen molar-refractivity contribution in [2.45, 2.75) is 25.7 Å². The number of morpholine rings is 1. The number of ether oxygens (including phenoxy) is 7. The van der Waals surface area contributed by atoms with E-state index in [-0.39, 0.29) is 93.6 Å². The highest BCUT2D eigenvalue weighted by Gasteiger charge is 2.45. The third kappa shape index (κ3) is 18.2. The molecule has 0 radical (unpaired) electrons. The molecule has 4 N–H and O–H groups in total. The van der Waals surface area contributed by atoms with E-state index in [0.29, 0.717) is 11.3 Å². The molecule has 0 aliphatic carbocycles. The number of alkyl halides is 10. The van der Waals surface area contributed by atoms with Crippen molar-refractivity contribution in [2.75, 3.05) is 64.0 Å². The molecule has 3 aliphatic heterocycles. The van der Waals surface area contributed by atoms with Crippen LogP contribution in [0.5, 0.6) is 35.0 Å². The second kappa shape index (κ2) is 29.0. The van der Waals surface area contributed by atoms with E-state index in [1.165, 1.54) is 51.0 Å². The summed E-state index contributed by atoms with van der Waals surface area (Å²) in [5, 5.41) is 17.6. The van der Waals surface area contributed by atoms with Crippen molar-refractivity contribution in [1.82, 2.24) is 59.3 Å². The van der Waals surface area contributed by atoms with Gasteiger partial charge in [0.25, 0.3) is 5.91 Å². The van der Waals surface area contributed by atoms with Crippen molar-refractivity contribution < 1.29 is 83.0 Å². The Labute approximate surface area is 469 Å². The standard InChI is InChI=1S/C16H8ClF4N5O3.C11H6ClF2N3O2.C5H6ClN3O2.C5H4F2N2O2.C5H11NO.CH2Cl2/c17-8-4-12-11(28-16(20,21)29-12)3-7(8)9-5-23-13(6-22-9)25-14(27)10-1-2-24-26(10)15(18)19;12-6-2-9-8(18-11(13,14)19-9)1-5(6)7-3-17-10(15)4-16-7;1-10-4-7-3(6)8-5(9-4)11-2;6-5(7)9-3(4(10)11)1-2-8-9;1-6-2-4-7-5-3-6;2-1-3/h1-6,15H,(H,23,25,27);1-4H,(H2,15,17);1-2H3;1-2,5H,(H,10,11);2-5H2,1H3;1H2. The number of nitrogens with zero attached hydrogens (tertiary/aromatic N) is 12. The zero-order valence-electron chi connectivity index (χ0n) is 40.6. The Balaban J connectivity index is 0.000000198. The van der Waals surface area contributed by atoms with E-state index in [2.05, 4.69) is 81.3 Å². The van der Waals surface area contributed by atoms with Gasteiger partial charge in [-0.3, -0.25) is 14.8 Å². The molecule has 37 heteroatoms. The van der Waals surface area contributed by atoms with Gasteiger partial charge in [0.2, 0.25) is 5.28 Å². The molecule has 430 valence electrons. The van der Waals surface area contributed by atoms with Gasteiger partial charge in [0.05, 0.1) is 85.2 Å². The molecule has 5 aromatic heterocycles. The minimum atomic E-state index is -3.80. The van der Waals surface area contributed by atoms with E-state index in [1.807, 2.05) is 0 Å². The minimum Gasteiger partial charge on any atom is -0.477 e. The van der Waals surface area contributed by atoms with E-state index in [1.54, 1.807) is 0 Å². The summed E-state index contributed by atoms with van der Waals surface area (Å²) in [6, 6.07) is 7.32. The first-order valence-electron chi connectivity index (χ1n) is 21.5. The number of nitrogens with two attached hydrogens (primary N) is 1. The van der Waals surface area contributed by atoms with Crippen LogP contribution in [-0.2, 0) is 4.74 Å². The summed E-state index contributed by atoms with van der Waals surface area (Å²) in [5.74, 6) is -2.76. The Bertz CT molecular complexity index is 3150. The summed E-state index contributed by atoms with van der Waals surface area (Å²) in [6.07, 6.45) is -0.336. The molecule has 1 saturated heterocycles. The van der Waals surface area contributed by atoms with Crippen molar-refractivity contribution >= 4 is 81.5 Å². The molecule has 80 heavy (non-hydrogen) atoms. The van der Waals surface area contributed by atoms with Crippen LogP contribution in [0.3, 0.4) is 0 Å². The minimum absolute atomic E-state index is 0.0378. The van der Waals surface area contributed by atoms with Gasteiger partial charge in [-0.15, -0.1) is 45.7 Å². The molecular formula is C43H37Cl5F8N14O10. The number of halogens is 13. The molecule has 0 saturated carbocycles. The van der Waals surface area contributed by atoms with E-state index in [9.17, 15) is 44.7 Å². The number of nitrogen functional groups attached to an aromatic ring is 1. The van der Waals surface area contributed by atoms with Crippen LogP contribution in [0.25, 0.3) is 22.5 Å². The monoisotopic (exact) mass is 1240 g/mol. The van der Waals surface area contributed by atoms with Gasteiger partial charge < -0.3 is 54.2 Å². The first-order chi connectivity index (χ1) is 37.9. The van der Waals surface area contributed by atoms with E-state index >= 15 is 0 Å². The fourth-order valence-corrected chi connectivity index (χ4v) is 6.61. The van der Waals surface area contributed by atoms with Gasteiger partial charge in [-0.25, -0.2) is 14.8 Å². The summed E-state index contributed by atoms with van der Waals surface area (Å²) >= 11 is 27.1. The number of carbonyl (C=O) groups is 2. The number of carbonyl (C=O) groups excluding carboxylic acids is 1. The van der Waals surface area contributed by atoms with E-state index < -0.39 is 43.3 Å². The van der Waals surface area contributed by atoms with Gasteiger partial charge in [-0.1, -0.05) is 23.2 Å². The van der Waals surface area contributed by atoms with Gasteiger partial charge >= 0.3 is 43.7 Å². The number of likely N-dealkylation sites (N-methyl/N-ethyl adjacent to an activating group) is 1. The number of fused-ring (bicyclic) bond motifs is 2. The second-order valence-electron chi connectivity index (χ2n) is 14.7. The highest BCUT2D eigenvalue weighted by atomic mass is 35.5. The van der Waals surface area contributed by atoms with Crippen LogP contribution in [0, 0.1) is 0 Å². The van der Waals surface area contributed by atoms with Crippen LogP contribution in [0.15, 0.2) is 73.6 Å². The number of carboxylic acids is 1. The Morgan fingerprint density at radius 2 is 1.14 bits per heavy atom. The van der Waals surface area contributed by atoms with E-state index in [0.717, 1.165) is 63.1 Å². The van der Waals surface area contributed by atoms with Gasteiger partial charge in [-0.2, -0.15) is 47.1 Å². The number of aromatic nitrogens is 11. The maximum Gasteiger partial charge on any atom is 0.586 e. The van der Waals surface area contributed by atoms with Gasteiger partial charge in [0.15, 0.2) is 34.5 Å². The van der Waals surface area contributed by atoms with E-state index in [4.69, 9.17) is 83.1 Å². The topological polar surface area (TPSA) is 286 Å². The molecule has 7 aromatic rings. The Morgan fingerprint density at radius 1 is 0.700 bits per heavy atom. The number of hydrogen-bond acceptors (Lipinski definition) is 20. The lowest BCUT2D eigenvalue weighted by Crippen LogP contribution is -2.32. The Hall–Kier alpha value is -7.62. The van der Waals surface area contributed by atoms with Crippen LogP contribution in [0.1, 0.15) is 34.1 Å². The molecular weight excluding hydrogens is 1200 g/mol. The summed E-state index contributed by atoms with van der Waals surface area (Å²) in [4.78, 5) is 51.4. The van der Waals surface area contributed by atoms with Crippen LogP contribution in [0.2, 0.25) is 15.3 Å². The van der Waals surface area contributed by atoms with Crippen molar-refractivity contribution in [2.24, 2.45) is 0 Å². The average molecular weight is 1240 g/mol. The fourth-order valence-electron chi connectivity index (χ4n) is 5.97. The highest BCUT2D eigenvalue weighted by Crippen LogP contribution is 2.47. The molecule has 1 fully saturated rings. The predicted octanol–water partition coefficient (Wildman–Crippen LogP) is 9.55. The predicted molar refractivity (Wildman–Crippen MR) is 266 cm³/mol. The van der Waals surface area contributed by atoms with Gasteiger partial charge in [0.1, 0.15) is 11.5 Å². The third-order valence-electron chi connectivity index (χ3n) is 9.43. The molecule has 24 nitrogen and oxygen atoms in total. The zero-order chi connectivity index (χ0) is 58.9. The van der Waals surface area contributed by atoms with Crippen molar-refractivity contribution in [3.63, 3.8) is 0 Å². The van der Waals surface area contributed by atoms with Crippen LogP contribution < -0.4 is 39.5 Å². The maximum absolute atomic E-state index is 13.2. The summed E-state index contributed by atoms with van der Waals surface area (Å²) in [5.41, 5.74) is 5.74. The lowest BCUT2D eigenvalue weighted by atomic mass is 10.1. The normalized spacial score (nSPS) is 14.0. The first kappa shape index (κ1) is 63.2. The average Bonchev–Trinajstić information content (AvgIpc) is 4.22. The fraction of sp³-hybridized carbons (Fsp3) is 0.279. The summed E-state index contributed by atoms with van der Waals surface area (Å²) < 4.78 is 134. The molecule has 0 bridgehead atoms. The molecule has 8 heterocycles. The highest BCUT2D eigenvalue weighted by molar-refractivity contribution is 6.40. The summed E-state index contributed by atoms with van der Waals surface area (Å²) in [6.45, 7) is -1.87. The zero-order valence-corrected chi connectivity index (χ0v) is 44.4. The quantitative estimate of drug-likeness (QED) is 0.0895. The Morgan fingerprint density at radius 3 is 1.51 bits per heavy atom. The lowest BCUT2D eigenvalue weighted by Gasteiger charge is -2.21. The third-order valence-corrected chi connectivity index (χ3v) is 10.2. The number of amides is 1. The van der Waals surface area contributed by atoms with Crippen LogP contribution in [-0.4, -0.2) is 142 Å². The largest absolute Gasteiger partial charge is 0.586 e. The van der Waals surface area contributed by atoms with Gasteiger partial charge in [-0.05, 0) is 42.9 Å². The molecule has 2 aromatic carbocycles. The van der Waals surface area contributed by atoms with Crippen molar-refractivity contribution in [3.05, 3.63) is 100 Å². The second-order valence-corrected chi connectivity index (χ2v) is 16.7. The Kier molecular flexibility index (Phi) is 22.9. The lowest BCUT2D eigenvalue weighted by molar-refractivity contribution is -0.287. The number of rotatable bonds is 9. The number of carboxylic acid groups (broad SMARTS) is 1. The van der Waals surface area contributed by atoms with Crippen LogP contribution in [0.4, 0.5) is 46.8 Å². The van der Waals surface area contributed by atoms with Crippen molar-refractivity contribution in [1.29, 1.82) is 0 Å². The molecule has 1 amide bonds. The number of aromatic carboxylic acids is 1. The molecule has 10 rings (SSSR count). The van der Waals surface area contributed by atoms with Crippen molar-refractivity contribution in [3.8, 4) is 57.5 Å². The molecule has 0 unspecified atom stereocenters. The smallest absolute Gasteiger partial charge is 0.477 e. The molecule has 0 spiro atoms. The van der Waals surface area contributed by atoms with Gasteiger partial charge in [0, 0.05) is 42.5 Å². The molecule has 3 aliphatic rings. The number of hydrogen-bond donors (Lipinski definition) is 3. The maximum atomic E-state index is 13.2. The first-order valence-corrected chi connectivity index (χ1v) is 23.7. The summed E-state index contributed by atoms with van der Waals surface area (Å²) in [7, 11) is 4.98.